The summed E-state index contributed by atoms with van der Waals surface area (Å²) in [5.41, 5.74) is -0.606. The van der Waals surface area contributed by atoms with Gasteiger partial charge in [-0.2, -0.15) is 13.2 Å². The minimum atomic E-state index is -4.59. The molecule has 1 amide bonds. The molecule has 0 spiro atoms. The van der Waals surface area contributed by atoms with Gasteiger partial charge in [-0.05, 0) is 42.5 Å². The molecule has 0 atom stereocenters. The summed E-state index contributed by atoms with van der Waals surface area (Å²) in [6.07, 6.45) is -3.94. The average molecular weight is 417 g/mol. The standard InChI is InChI=1S/C20H14F3N3O2S/c21-20(22,23)14-11-16(28-15-9-5-2-6-10-15)17(24-12-14)25-19(29)26-18(27)13-7-3-1-4-8-13/h1-12H,(H2,24,25,26,27,29). The number of halogens is 3. The van der Waals surface area contributed by atoms with Gasteiger partial charge >= 0.3 is 6.18 Å². The van der Waals surface area contributed by atoms with Crippen molar-refractivity contribution in [1.29, 1.82) is 0 Å². The molecule has 2 N–H and O–H groups in total. The van der Waals surface area contributed by atoms with Crippen molar-refractivity contribution in [3.63, 3.8) is 0 Å². The number of para-hydroxylation sites is 1. The van der Waals surface area contributed by atoms with Crippen molar-refractivity contribution in [2.75, 3.05) is 5.32 Å². The van der Waals surface area contributed by atoms with E-state index in [9.17, 15) is 18.0 Å². The van der Waals surface area contributed by atoms with E-state index < -0.39 is 17.6 Å². The number of anilines is 1. The van der Waals surface area contributed by atoms with Crippen molar-refractivity contribution in [3.8, 4) is 11.5 Å². The quantitative estimate of drug-likeness (QED) is 0.584. The molecule has 0 aliphatic heterocycles. The molecular weight excluding hydrogens is 403 g/mol. The summed E-state index contributed by atoms with van der Waals surface area (Å²) in [6.45, 7) is 0. The normalized spacial score (nSPS) is 10.9. The zero-order chi connectivity index (χ0) is 20.9. The Morgan fingerprint density at radius 2 is 1.62 bits per heavy atom. The minimum absolute atomic E-state index is 0.0692. The molecule has 0 fully saturated rings. The van der Waals surface area contributed by atoms with Crippen LogP contribution < -0.4 is 15.4 Å². The number of nitrogens with zero attached hydrogens (tertiary/aromatic N) is 1. The fraction of sp³-hybridized carbons (Fsp3) is 0.0500. The van der Waals surface area contributed by atoms with E-state index in [-0.39, 0.29) is 16.7 Å². The van der Waals surface area contributed by atoms with Crippen LogP contribution in [-0.4, -0.2) is 16.0 Å². The molecule has 0 aliphatic carbocycles. The van der Waals surface area contributed by atoms with Crippen LogP contribution in [0.5, 0.6) is 11.5 Å². The molecule has 0 radical (unpaired) electrons. The van der Waals surface area contributed by atoms with Gasteiger partial charge in [0.15, 0.2) is 16.7 Å². The maximum absolute atomic E-state index is 13.1. The lowest BCUT2D eigenvalue weighted by Crippen LogP contribution is -2.34. The number of carbonyl (C=O) groups excluding carboxylic acids is 1. The van der Waals surface area contributed by atoms with Gasteiger partial charge < -0.3 is 10.1 Å². The van der Waals surface area contributed by atoms with Gasteiger partial charge in [0.05, 0.1) is 5.56 Å². The Bertz CT molecular complexity index is 1010. The molecule has 0 saturated carbocycles. The van der Waals surface area contributed by atoms with Crippen LogP contribution in [0.25, 0.3) is 0 Å². The first-order valence-corrected chi connectivity index (χ1v) is 8.71. The Morgan fingerprint density at radius 1 is 1.00 bits per heavy atom. The lowest BCUT2D eigenvalue weighted by Gasteiger charge is -2.15. The largest absolute Gasteiger partial charge is 0.453 e. The highest BCUT2D eigenvalue weighted by Crippen LogP contribution is 2.35. The molecule has 3 rings (SSSR count). The number of hydrogen-bond acceptors (Lipinski definition) is 4. The Morgan fingerprint density at radius 3 is 2.24 bits per heavy atom. The van der Waals surface area contributed by atoms with Crippen LogP contribution in [0, 0.1) is 0 Å². The molecule has 1 heterocycles. The minimum Gasteiger partial charge on any atom is -0.453 e. The summed E-state index contributed by atoms with van der Waals surface area (Å²) >= 11 is 5.08. The van der Waals surface area contributed by atoms with Gasteiger partial charge in [0.1, 0.15) is 5.75 Å². The molecule has 3 aromatic rings. The Balaban J connectivity index is 1.81. The van der Waals surface area contributed by atoms with E-state index in [1.807, 2.05) is 0 Å². The van der Waals surface area contributed by atoms with Crippen LogP contribution in [0.4, 0.5) is 19.0 Å². The Hall–Kier alpha value is -3.46. The van der Waals surface area contributed by atoms with Gasteiger partial charge in [0.25, 0.3) is 5.91 Å². The Labute approximate surface area is 169 Å². The zero-order valence-corrected chi connectivity index (χ0v) is 15.6. The van der Waals surface area contributed by atoms with Crippen molar-refractivity contribution in [2.24, 2.45) is 0 Å². The first kappa shape index (κ1) is 20.3. The second-order valence-electron chi connectivity index (χ2n) is 5.76. The van der Waals surface area contributed by atoms with E-state index >= 15 is 0 Å². The van der Waals surface area contributed by atoms with Gasteiger partial charge in [0.2, 0.25) is 0 Å². The maximum Gasteiger partial charge on any atom is 0.418 e. The zero-order valence-electron chi connectivity index (χ0n) is 14.7. The molecule has 2 aromatic carbocycles. The molecule has 0 bridgehead atoms. The monoisotopic (exact) mass is 417 g/mol. The smallest absolute Gasteiger partial charge is 0.418 e. The van der Waals surface area contributed by atoms with Crippen LogP contribution in [-0.2, 0) is 6.18 Å². The van der Waals surface area contributed by atoms with Crippen LogP contribution in [0.3, 0.4) is 0 Å². The number of pyridine rings is 1. The number of nitrogens with one attached hydrogen (secondary N) is 2. The third-order valence-corrected chi connectivity index (χ3v) is 3.85. The molecule has 29 heavy (non-hydrogen) atoms. The van der Waals surface area contributed by atoms with Crippen LogP contribution in [0.15, 0.2) is 72.9 Å². The summed E-state index contributed by atoms with van der Waals surface area (Å²) in [5.74, 6) is -0.418. The highest BCUT2D eigenvalue weighted by Gasteiger charge is 2.32. The summed E-state index contributed by atoms with van der Waals surface area (Å²) in [5, 5.41) is 4.92. The number of hydrogen-bond donors (Lipinski definition) is 2. The van der Waals surface area contributed by atoms with E-state index in [1.54, 1.807) is 60.7 Å². The first-order valence-electron chi connectivity index (χ1n) is 8.30. The lowest BCUT2D eigenvalue weighted by molar-refractivity contribution is -0.137. The van der Waals surface area contributed by atoms with Gasteiger partial charge in [-0.25, -0.2) is 4.98 Å². The third kappa shape index (κ3) is 5.52. The van der Waals surface area contributed by atoms with E-state index in [0.29, 0.717) is 17.5 Å². The van der Waals surface area contributed by atoms with E-state index in [1.165, 1.54) is 0 Å². The van der Waals surface area contributed by atoms with E-state index in [4.69, 9.17) is 17.0 Å². The second kappa shape index (κ2) is 8.70. The number of rotatable bonds is 4. The van der Waals surface area contributed by atoms with E-state index in [0.717, 1.165) is 6.07 Å². The number of alkyl halides is 3. The second-order valence-corrected chi connectivity index (χ2v) is 6.17. The molecule has 9 heteroatoms. The van der Waals surface area contributed by atoms with Crippen molar-refractivity contribution < 1.29 is 22.7 Å². The van der Waals surface area contributed by atoms with Crippen molar-refractivity contribution in [1.82, 2.24) is 10.3 Å². The topological polar surface area (TPSA) is 63.2 Å². The fourth-order valence-corrected chi connectivity index (χ4v) is 2.48. The molecule has 0 saturated heterocycles. The average Bonchev–Trinajstić information content (AvgIpc) is 2.70. The number of carbonyl (C=O) groups is 1. The van der Waals surface area contributed by atoms with Gasteiger partial charge in [-0.1, -0.05) is 36.4 Å². The highest BCUT2D eigenvalue weighted by atomic mass is 32.1. The molecule has 0 unspecified atom stereocenters. The predicted octanol–water partition coefficient (Wildman–Crippen LogP) is 5.02. The third-order valence-electron chi connectivity index (χ3n) is 3.65. The number of aromatic nitrogens is 1. The summed E-state index contributed by atoms with van der Waals surface area (Å²) in [4.78, 5) is 15.9. The number of amides is 1. The predicted molar refractivity (Wildman–Crippen MR) is 106 cm³/mol. The highest BCUT2D eigenvalue weighted by molar-refractivity contribution is 7.80. The summed E-state index contributed by atoms with van der Waals surface area (Å²) in [6, 6.07) is 17.4. The van der Waals surface area contributed by atoms with Crippen molar-refractivity contribution >= 4 is 29.1 Å². The van der Waals surface area contributed by atoms with Crippen molar-refractivity contribution in [3.05, 3.63) is 84.1 Å². The van der Waals surface area contributed by atoms with E-state index in [2.05, 4.69) is 15.6 Å². The Kier molecular flexibility index (Phi) is 6.08. The number of benzene rings is 2. The summed E-state index contributed by atoms with van der Waals surface area (Å²) < 4.78 is 44.7. The van der Waals surface area contributed by atoms with Crippen LogP contribution in [0.2, 0.25) is 0 Å². The first-order chi connectivity index (χ1) is 13.8. The van der Waals surface area contributed by atoms with Crippen LogP contribution >= 0.6 is 12.2 Å². The van der Waals surface area contributed by atoms with Gasteiger partial charge in [0, 0.05) is 11.8 Å². The van der Waals surface area contributed by atoms with Crippen LogP contribution in [0.1, 0.15) is 15.9 Å². The molecule has 148 valence electrons. The van der Waals surface area contributed by atoms with Gasteiger partial charge in [-0.3, -0.25) is 10.1 Å². The SMILES string of the molecule is O=C(NC(=S)Nc1ncc(C(F)(F)F)cc1Oc1ccccc1)c1ccccc1. The molecule has 5 nitrogen and oxygen atoms in total. The molecule has 1 aromatic heterocycles. The fourth-order valence-electron chi connectivity index (χ4n) is 2.29. The molecular formula is C20H14F3N3O2S. The van der Waals surface area contributed by atoms with Crippen molar-refractivity contribution in [2.45, 2.75) is 6.18 Å². The lowest BCUT2D eigenvalue weighted by atomic mass is 10.2. The maximum atomic E-state index is 13.1. The number of ether oxygens (including phenoxy) is 1. The number of thiocarbonyl (C=S) groups is 1. The summed E-state index contributed by atoms with van der Waals surface area (Å²) in [7, 11) is 0. The van der Waals surface area contributed by atoms with Gasteiger partial charge in [-0.15, -0.1) is 0 Å². The molecule has 0 aliphatic rings.